The van der Waals surface area contributed by atoms with Crippen LogP contribution in [-0.2, 0) is 28.5 Å². The molecule has 4 aliphatic carbocycles. The Morgan fingerprint density at radius 3 is 2.39 bits per heavy atom. The summed E-state index contributed by atoms with van der Waals surface area (Å²) in [5, 5.41) is 0. The van der Waals surface area contributed by atoms with E-state index in [2.05, 4.69) is 26.8 Å². The summed E-state index contributed by atoms with van der Waals surface area (Å²) in [7, 11) is 0. The number of esters is 1. The standard InChI is InChI=1S/C27H40O6/c1-17(28)33-21-16-25(3)20(7-8-22(25)26(4)29-11-12-30-26)19-6-5-18-15-27(31-13-14-32-27)10-9-24(18,2)23(19)21/h5,19-23H,6-16H2,1-4H3/t19-,20-,21+,22-,23+,24-,25-/m0/s1. The van der Waals surface area contributed by atoms with E-state index in [1.807, 2.05) is 0 Å². The second kappa shape index (κ2) is 7.52. The molecule has 6 aliphatic rings. The van der Waals surface area contributed by atoms with Crippen molar-refractivity contribution in [2.45, 2.75) is 90.3 Å². The molecule has 2 heterocycles. The summed E-state index contributed by atoms with van der Waals surface area (Å²) in [5.74, 6) is 0.655. The first-order valence-corrected chi connectivity index (χ1v) is 13.1. The molecule has 2 aliphatic heterocycles. The summed E-state index contributed by atoms with van der Waals surface area (Å²) in [6, 6.07) is 0. The molecule has 0 aromatic heterocycles. The molecular weight excluding hydrogens is 420 g/mol. The van der Waals surface area contributed by atoms with E-state index in [-0.39, 0.29) is 22.9 Å². The van der Waals surface area contributed by atoms with E-state index in [0.29, 0.717) is 50.1 Å². The number of rotatable bonds is 2. The van der Waals surface area contributed by atoms with E-state index in [0.717, 1.165) is 38.5 Å². The zero-order valence-electron chi connectivity index (χ0n) is 20.7. The van der Waals surface area contributed by atoms with Gasteiger partial charge >= 0.3 is 5.97 Å². The fourth-order valence-electron chi connectivity index (χ4n) is 9.36. The van der Waals surface area contributed by atoms with Crippen LogP contribution in [0.1, 0.15) is 72.6 Å². The van der Waals surface area contributed by atoms with Gasteiger partial charge in [-0.25, -0.2) is 0 Å². The third kappa shape index (κ3) is 3.23. The lowest BCUT2D eigenvalue weighted by molar-refractivity contribution is -0.231. The first kappa shape index (κ1) is 22.5. The van der Waals surface area contributed by atoms with Gasteiger partial charge in [0.1, 0.15) is 6.10 Å². The van der Waals surface area contributed by atoms with Crippen molar-refractivity contribution in [1.82, 2.24) is 0 Å². The van der Waals surface area contributed by atoms with E-state index in [4.69, 9.17) is 23.7 Å². The molecule has 33 heavy (non-hydrogen) atoms. The number of fused-ring (bicyclic) bond motifs is 5. The molecule has 6 rings (SSSR count). The Morgan fingerprint density at radius 1 is 1.00 bits per heavy atom. The minimum absolute atomic E-state index is 0.0211. The van der Waals surface area contributed by atoms with E-state index in [1.54, 1.807) is 6.92 Å². The minimum Gasteiger partial charge on any atom is -0.462 e. The second-order valence-corrected chi connectivity index (χ2v) is 12.2. The molecule has 1 spiro atoms. The second-order valence-electron chi connectivity index (χ2n) is 12.2. The number of ether oxygens (including phenoxy) is 5. The number of hydrogen-bond acceptors (Lipinski definition) is 6. The summed E-state index contributed by atoms with van der Waals surface area (Å²) < 4.78 is 30.7. The number of allylic oxidation sites excluding steroid dienone is 1. The van der Waals surface area contributed by atoms with Crippen LogP contribution >= 0.6 is 0 Å². The highest BCUT2D eigenvalue weighted by atomic mass is 16.7. The molecule has 0 aromatic carbocycles. The fraction of sp³-hybridized carbons (Fsp3) is 0.889. The molecule has 7 atom stereocenters. The van der Waals surface area contributed by atoms with Crippen LogP contribution in [0, 0.1) is 34.5 Å². The number of carbonyl (C=O) groups excluding carboxylic acids is 1. The smallest absolute Gasteiger partial charge is 0.302 e. The van der Waals surface area contributed by atoms with Crippen LogP contribution in [0.2, 0.25) is 0 Å². The van der Waals surface area contributed by atoms with Crippen molar-refractivity contribution in [2.24, 2.45) is 34.5 Å². The average molecular weight is 461 g/mol. The predicted octanol–water partition coefficient (Wildman–Crippen LogP) is 4.61. The van der Waals surface area contributed by atoms with E-state index < -0.39 is 11.6 Å². The molecule has 3 saturated carbocycles. The molecule has 5 fully saturated rings. The molecular formula is C27H40O6. The zero-order valence-corrected chi connectivity index (χ0v) is 20.7. The molecule has 0 bridgehead atoms. The Labute approximate surface area is 197 Å². The van der Waals surface area contributed by atoms with Crippen molar-refractivity contribution < 1.29 is 28.5 Å². The van der Waals surface area contributed by atoms with E-state index in [1.165, 1.54) is 12.0 Å². The van der Waals surface area contributed by atoms with Gasteiger partial charge < -0.3 is 23.7 Å². The highest BCUT2D eigenvalue weighted by Gasteiger charge is 2.66. The minimum atomic E-state index is -0.523. The van der Waals surface area contributed by atoms with Crippen molar-refractivity contribution in [1.29, 1.82) is 0 Å². The quantitative estimate of drug-likeness (QED) is 0.443. The SMILES string of the molecule is CC(=O)O[C@@H]1C[C@]2(C)[C@@H](C3(C)OCCO3)CC[C@H]2[C@@H]2CC=C3CC4(CC[C@]3(C)[C@H]21)OCCO4. The maximum absolute atomic E-state index is 12.3. The van der Waals surface area contributed by atoms with Crippen LogP contribution in [0.3, 0.4) is 0 Å². The van der Waals surface area contributed by atoms with Gasteiger partial charge in [0.25, 0.3) is 0 Å². The maximum Gasteiger partial charge on any atom is 0.302 e. The Morgan fingerprint density at radius 2 is 1.70 bits per heavy atom. The van der Waals surface area contributed by atoms with Gasteiger partial charge in [0, 0.05) is 31.6 Å². The van der Waals surface area contributed by atoms with Gasteiger partial charge in [-0.1, -0.05) is 25.5 Å². The summed E-state index contributed by atoms with van der Waals surface area (Å²) in [6.45, 7) is 11.3. The van der Waals surface area contributed by atoms with Crippen LogP contribution in [0.5, 0.6) is 0 Å². The van der Waals surface area contributed by atoms with Gasteiger partial charge in [0.2, 0.25) is 0 Å². The van der Waals surface area contributed by atoms with Crippen LogP contribution in [-0.4, -0.2) is 50.1 Å². The Hall–Kier alpha value is -0.950. The van der Waals surface area contributed by atoms with Gasteiger partial charge in [-0.3, -0.25) is 4.79 Å². The van der Waals surface area contributed by atoms with Gasteiger partial charge in [-0.15, -0.1) is 0 Å². The average Bonchev–Trinajstić information content (AvgIpc) is 3.47. The van der Waals surface area contributed by atoms with Crippen molar-refractivity contribution in [3.8, 4) is 0 Å². The highest BCUT2D eigenvalue weighted by Crippen LogP contribution is 2.69. The van der Waals surface area contributed by atoms with E-state index >= 15 is 0 Å². The molecule has 6 heteroatoms. The predicted molar refractivity (Wildman–Crippen MR) is 121 cm³/mol. The molecule has 0 N–H and O–H groups in total. The number of carbonyl (C=O) groups is 1. The molecule has 2 saturated heterocycles. The van der Waals surface area contributed by atoms with Gasteiger partial charge in [0.15, 0.2) is 11.6 Å². The third-order valence-corrected chi connectivity index (χ3v) is 10.6. The van der Waals surface area contributed by atoms with Gasteiger partial charge in [-0.2, -0.15) is 0 Å². The molecule has 6 nitrogen and oxygen atoms in total. The lowest BCUT2D eigenvalue weighted by Crippen LogP contribution is -2.59. The Kier molecular flexibility index (Phi) is 5.13. The zero-order chi connectivity index (χ0) is 23.1. The monoisotopic (exact) mass is 460 g/mol. The molecule has 0 aromatic rings. The van der Waals surface area contributed by atoms with Crippen LogP contribution in [0.25, 0.3) is 0 Å². The van der Waals surface area contributed by atoms with Crippen molar-refractivity contribution >= 4 is 5.97 Å². The van der Waals surface area contributed by atoms with Crippen molar-refractivity contribution in [2.75, 3.05) is 26.4 Å². The first-order valence-electron chi connectivity index (χ1n) is 13.1. The number of hydrogen-bond donors (Lipinski definition) is 0. The molecule has 0 unspecified atom stereocenters. The van der Waals surface area contributed by atoms with Crippen molar-refractivity contribution in [3.63, 3.8) is 0 Å². The van der Waals surface area contributed by atoms with Gasteiger partial charge in [0.05, 0.1) is 26.4 Å². The summed E-state index contributed by atoms with van der Waals surface area (Å²) >= 11 is 0. The summed E-state index contributed by atoms with van der Waals surface area (Å²) in [5.41, 5.74) is 1.52. The lowest BCUT2D eigenvalue weighted by atomic mass is 9.46. The topological polar surface area (TPSA) is 63.2 Å². The van der Waals surface area contributed by atoms with Crippen LogP contribution in [0.4, 0.5) is 0 Å². The van der Waals surface area contributed by atoms with Crippen molar-refractivity contribution in [3.05, 3.63) is 11.6 Å². The molecule has 0 radical (unpaired) electrons. The van der Waals surface area contributed by atoms with Gasteiger partial charge in [-0.05, 0) is 61.7 Å². The Bertz CT molecular complexity index is 840. The fourth-order valence-corrected chi connectivity index (χ4v) is 9.36. The molecule has 0 amide bonds. The van der Waals surface area contributed by atoms with E-state index in [9.17, 15) is 4.79 Å². The maximum atomic E-state index is 12.3. The summed E-state index contributed by atoms with van der Waals surface area (Å²) in [6.07, 6.45) is 9.48. The highest BCUT2D eigenvalue weighted by molar-refractivity contribution is 5.66. The lowest BCUT2D eigenvalue weighted by Gasteiger charge is -2.61. The third-order valence-electron chi connectivity index (χ3n) is 10.6. The largest absolute Gasteiger partial charge is 0.462 e. The molecule has 184 valence electrons. The van der Waals surface area contributed by atoms with Crippen LogP contribution in [0.15, 0.2) is 11.6 Å². The van der Waals surface area contributed by atoms with Crippen LogP contribution < -0.4 is 0 Å². The summed E-state index contributed by atoms with van der Waals surface area (Å²) in [4.78, 5) is 12.3. The normalized spacial score (nSPS) is 47.5. The first-order chi connectivity index (χ1) is 15.7. The Balaban J connectivity index is 1.36.